The van der Waals surface area contributed by atoms with Gasteiger partial charge in [0.1, 0.15) is 5.82 Å². The van der Waals surface area contributed by atoms with Gasteiger partial charge in [-0.25, -0.2) is 4.39 Å². The van der Waals surface area contributed by atoms with Crippen LogP contribution in [0.1, 0.15) is 63.9 Å². The van der Waals surface area contributed by atoms with Gasteiger partial charge in [-0.3, -0.25) is 19.4 Å². The third kappa shape index (κ3) is 5.06. The Bertz CT molecular complexity index is 935. The number of piperazine rings is 1. The molecule has 4 bridgehead atoms. The molecule has 1 unspecified atom stereocenters. The van der Waals surface area contributed by atoms with Crippen molar-refractivity contribution in [2.45, 2.75) is 82.5 Å². The Hall–Kier alpha value is -1.99. The van der Waals surface area contributed by atoms with E-state index in [1.165, 1.54) is 31.4 Å². The van der Waals surface area contributed by atoms with E-state index in [0.717, 1.165) is 81.6 Å². The predicted molar refractivity (Wildman–Crippen MR) is 136 cm³/mol. The van der Waals surface area contributed by atoms with Crippen molar-refractivity contribution < 1.29 is 14.0 Å². The predicted octanol–water partition coefficient (Wildman–Crippen LogP) is 3.41. The molecular formula is C29H41FN4O2. The maximum Gasteiger partial charge on any atom is 0.237 e. The number of hydrogen-bond donors (Lipinski definition) is 1. The summed E-state index contributed by atoms with van der Waals surface area (Å²) in [6, 6.07) is 6.96. The van der Waals surface area contributed by atoms with Crippen LogP contribution in [0.5, 0.6) is 0 Å². The number of carbonyl (C=O) groups excluding carboxylic acids is 2. The summed E-state index contributed by atoms with van der Waals surface area (Å²) in [4.78, 5) is 33.2. The van der Waals surface area contributed by atoms with Gasteiger partial charge in [0.25, 0.3) is 0 Å². The van der Waals surface area contributed by atoms with Crippen LogP contribution in [0.2, 0.25) is 0 Å². The summed E-state index contributed by atoms with van der Waals surface area (Å²) >= 11 is 0. The van der Waals surface area contributed by atoms with Crippen LogP contribution in [0.25, 0.3) is 0 Å². The van der Waals surface area contributed by atoms with E-state index >= 15 is 0 Å². The van der Waals surface area contributed by atoms with Gasteiger partial charge in [0.15, 0.2) is 0 Å². The molecule has 1 aromatic rings. The molecule has 1 atom stereocenters. The van der Waals surface area contributed by atoms with Crippen LogP contribution in [0.4, 0.5) is 4.39 Å². The largest absolute Gasteiger partial charge is 0.352 e. The van der Waals surface area contributed by atoms with Crippen molar-refractivity contribution >= 4 is 11.8 Å². The Labute approximate surface area is 214 Å². The van der Waals surface area contributed by atoms with E-state index in [0.29, 0.717) is 19.1 Å². The summed E-state index contributed by atoms with van der Waals surface area (Å²) in [6.45, 7) is 6.22. The molecule has 1 heterocycles. The summed E-state index contributed by atoms with van der Waals surface area (Å²) in [6.07, 6.45) is 9.62. The SMILES string of the molecule is CC(C(=O)NC1CC1)N1CCN(CC(=O)N(Cc2ccc(F)cc2)C23CC4CC(CC(C4)C2)C3)CC1. The lowest BCUT2D eigenvalue weighted by molar-refractivity contribution is -0.154. The maximum absolute atomic E-state index is 14.0. The first-order valence-electron chi connectivity index (χ1n) is 14.2. The monoisotopic (exact) mass is 496 g/mol. The highest BCUT2D eigenvalue weighted by molar-refractivity contribution is 5.82. The normalized spacial score (nSPS) is 32.9. The summed E-state index contributed by atoms with van der Waals surface area (Å²) < 4.78 is 13.6. The number of hydrogen-bond acceptors (Lipinski definition) is 4. The zero-order chi connectivity index (χ0) is 24.9. The number of rotatable bonds is 8. The molecule has 1 aromatic carbocycles. The molecule has 196 valence electrons. The van der Waals surface area contributed by atoms with Gasteiger partial charge in [-0.15, -0.1) is 0 Å². The minimum Gasteiger partial charge on any atom is -0.352 e. The highest BCUT2D eigenvalue weighted by atomic mass is 19.1. The van der Waals surface area contributed by atoms with Gasteiger partial charge in [0, 0.05) is 44.3 Å². The fourth-order valence-corrected chi connectivity index (χ4v) is 7.99. The highest BCUT2D eigenvalue weighted by Gasteiger charge is 2.54. The standard InChI is InChI=1S/C29H41FN4O2/c1-20(28(36)31-26-6-7-26)33-10-8-32(9-11-33)19-27(35)34(18-21-2-4-25(30)5-3-21)29-15-22-12-23(16-29)14-24(13-22)17-29/h2-5,20,22-24,26H,6-19H2,1H3,(H,31,36). The lowest BCUT2D eigenvalue weighted by Gasteiger charge is -2.60. The van der Waals surface area contributed by atoms with Crippen LogP contribution in [0.15, 0.2) is 24.3 Å². The molecular weight excluding hydrogens is 455 g/mol. The number of nitrogens with one attached hydrogen (secondary N) is 1. The molecule has 0 aromatic heterocycles. The van der Waals surface area contributed by atoms with Gasteiger partial charge >= 0.3 is 0 Å². The molecule has 5 saturated carbocycles. The molecule has 6 fully saturated rings. The van der Waals surface area contributed by atoms with Crippen molar-refractivity contribution in [3.63, 3.8) is 0 Å². The molecule has 5 aliphatic carbocycles. The number of nitrogens with zero attached hydrogens (tertiary/aromatic N) is 3. The van der Waals surface area contributed by atoms with Crippen LogP contribution in [-0.2, 0) is 16.1 Å². The fraction of sp³-hybridized carbons (Fsp3) is 0.724. The van der Waals surface area contributed by atoms with Crippen molar-refractivity contribution in [1.29, 1.82) is 0 Å². The second-order valence-electron chi connectivity index (χ2n) is 12.5. The van der Waals surface area contributed by atoms with Crippen molar-refractivity contribution in [2.24, 2.45) is 17.8 Å². The molecule has 1 N–H and O–H groups in total. The van der Waals surface area contributed by atoms with E-state index in [4.69, 9.17) is 0 Å². The summed E-state index contributed by atoms with van der Waals surface area (Å²) in [5.74, 6) is 2.39. The minimum atomic E-state index is -0.232. The smallest absolute Gasteiger partial charge is 0.237 e. The second kappa shape index (κ2) is 9.71. The lowest BCUT2D eigenvalue weighted by atomic mass is 9.52. The van der Waals surface area contributed by atoms with E-state index in [9.17, 15) is 14.0 Å². The van der Waals surface area contributed by atoms with Gasteiger partial charge < -0.3 is 10.2 Å². The number of benzene rings is 1. The summed E-state index contributed by atoms with van der Waals surface area (Å²) in [5.41, 5.74) is 0.984. The Morgan fingerprint density at radius 3 is 2.14 bits per heavy atom. The number of halogens is 1. The fourth-order valence-electron chi connectivity index (χ4n) is 7.99. The Kier molecular flexibility index (Phi) is 6.57. The average molecular weight is 497 g/mol. The van der Waals surface area contributed by atoms with Crippen molar-refractivity contribution in [3.05, 3.63) is 35.6 Å². The molecule has 7 rings (SSSR count). The van der Waals surface area contributed by atoms with Crippen LogP contribution in [-0.4, -0.2) is 76.9 Å². The first-order valence-corrected chi connectivity index (χ1v) is 14.2. The molecule has 7 heteroatoms. The van der Waals surface area contributed by atoms with Crippen LogP contribution in [0.3, 0.4) is 0 Å². The molecule has 6 aliphatic rings. The average Bonchev–Trinajstić information content (AvgIpc) is 3.66. The number of amides is 2. The van der Waals surface area contributed by atoms with Gasteiger partial charge in [-0.2, -0.15) is 0 Å². The van der Waals surface area contributed by atoms with Crippen molar-refractivity contribution in [2.75, 3.05) is 32.7 Å². The van der Waals surface area contributed by atoms with Gasteiger partial charge in [-0.05, 0) is 93.7 Å². The Morgan fingerprint density at radius 1 is 1.00 bits per heavy atom. The molecule has 0 spiro atoms. The molecule has 1 aliphatic heterocycles. The van der Waals surface area contributed by atoms with E-state index < -0.39 is 0 Å². The van der Waals surface area contributed by atoms with Gasteiger partial charge in [-0.1, -0.05) is 12.1 Å². The summed E-state index contributed by atoms with van der Waals surface area (Å²) in [7, 11) is 0. The third-order valence-corrected chi connectivity index (χ3v) is 9.75. The van der Waals surface area contributed by atoms with Crippen molar-refractivity contribution in [3.8, 4) is 0 Å². The first kappa shape index (κ1) is 24.4. The van der Waals surface area contributed by atoms with Crippen LogP contribution >= 0.6 is 0 Å². The Balaban J connectivity index is 1.12. The Morgan fingerprint density at radius 2 is 1.58 bits per heavy atom. The van der Waals surface area contributed by atoms with Gasteiger partial charge in [0.2, 0.25) is 11.8 Å². The quantitative estimate of drug-likeness (QED) is 0.599. The van der Waals surface area contributed by atoms with Gasteiger partial charge in [0.05, 0.1) is 12.6 Å². The van der Waals surface area contributed by atoms with E-state index in [1.54, 1.807) is 0 Å². The molecule has 1 saturated heterocycles. The third-order valence-electron chi connectivity index (χ3n) is 9.75. The van der Waals surface area contributed by atoms with Crippen LogP contribution in [0, 0.1) is 23.6 Å². The van der Waals surface area contributed by atoms with Crippen molar-refractivity contribution in [1.82, 2.24) is 20.0 Å². The van der Waals surface area contributed by atoms with E-state index in [1.807, 2.05) is 19.1 Å². The molecule has 36 heavy (non-hydrogen) atoms. The zero-order valence-corrected chi connectivity index (χ0v) is 21.6. The first-order chi connectivity index (χ1) is 17.4. The second-order valence-corrected chi connectivity index (χ2v) is 12.5. The zero-order valence-electron chi connectivity index (χ0n) is 21.6. The maximum atomic E-state index is 14.0. The number of carbonyl (C=O) groups is 2. The topological polar surface area (TPSA) is 55.9 Å². The lowest BCUT2D eigenvalue weighted by Crippen LogP contribution is -2.63. The molecule has 6 nitrogen and oxygen atoms in total. The minimum absolute atomic E-state index is 0.0303. The summed E-state index contributed by atoms with van der Waals surface area (Å²) in [5, 5.41) is 3.12. The molecule has 0 radical (unpaired) electrons. The van der Waals surface area contributed by atoms with Crippen LogP contribution < -0.4 is 5.32 Å². The molecule has 2 amide bonds. The van der Waals surface area contributed by atoms with E-state index in [2.05, 4.69) is 20.0 Å². The van der Waals surface area contributed by atoms with E-state index in [-0.39, 0.29) is 29.2 Å². The highest BCUT2D eigenvalue weighted by Crippen LogP contribution is 2.58.